The zero-order valence-corrected chi connectivity index (χ0v) is 16.0. The summed E-state index contributed by atoms with van der Waals surface area (Å²) >= 11 is 2.44. The van der Waals surface area contributed by atoms with E-state index in [0.29, 0.717) is 5.41 Å². The van der Waals surface area contributed by atoms with Crippen molar-refractivity contribution in [1.29, 1.82) is 0 Å². The van der Waals surface area contributed by atoms with Crippen LogP contribution in [0.1, 0.15) is 84.3 Å². The number of halogens is 1. The second kappa shape index (κ2) is 9.11. The summed E-state index contributed by atoms with van der Waals surface area (Å²) in [5, 5.41) is 0. The van der Waals surface area contributed by atoms with E-state index in [9.17, 15) is 0 Å². The number of aromatic nitrogens is 1. The molecule has 1 atom stereocenters. The van der Waals surface area contributed by atoms with Gasteiger partial charge in [0.05, 0.1) is 0 Å². The average molecular weight is 389 g/mol. The molecule has 1 rings (SSSR count). The summed E-state index contributed by atoms with van der Waals surface area (Å²) in [6.45, 7) is 7.07. The van der Waals surface area contributed by atoms with Crippen molar-refractivity contribution in [3.8, 4) is 0 Å². The van der Waals surface area contributed by atoms with Crippen molar-refractivity contribution >= 4 is 22.6 Å². The first-order chi connectivity index (χ1) is 9.53. The molecule has 0 aliphatic rings. The van der Waals surface area contributed by atoms with Gasteiger partial charge in [0.25, 0.3) is 0 Å². The zero-order chi connectivity index (χ0) is 15.0. The molecule has 1 nitrogen and oxygen atoms in total. The summed E-state index contributed by atoms with van der Waals surface area (Å²) in [6.07, 6.45) is 14.5. The van der Waals surface area contributed by atoms with E-state index >= 15 is 0 Å². The minimum absolute atomic E-state index is 0.362. The van der Waals surface area contributed by atoms with Crippen LogP contribution in [0.2, 0.25) is 0 Å². The summed E-state index contributed by atoms with van der Waals surface area (Å²) in [5.74, 6) is 0. The predicted octanol–water partition coefficient (Wildman–Crippen LogP) is 6.44. The van der Waals surface area contributed by atoms with Crippen LogP contribution in [0.15, 0.2) is 12.3 Å². The Morgan fingerprint density at radius 1 is 1.00 bits per heavy atom. The molecule has 1 aromatic heterocycles. The normalized spacial score (nSPS) is 14.4. The van der Waals surface area contributed by atoms with Crippen molar-refractivity contribution in [2.75, 3.05) is 0 Å². The Balaban J connectivity index is 2.74. The maximum atomic E-state index is 2.49. The summed E-state index contributed by atoms with van der Waals surface area (Å²) in [4.78, 5) is 0. The first-order valence-corrected chi connectivity index (χ1v) is 9.43. The van der Waals surface area contributed by atoms with Crippen LogP contribution in [-0.2, 0) is 12.5 Å². The van der Waals surface area contributed by atoms with E-state index in [4.69, 9.17) is 0 Å². The third-order valence-electron chi connectivity index (χ3n) is 4.50. The van der Waals surface area contributed by atoms with Gasteiger partial charge in [-0.2, -0.15) is 0 Å². The Morgan fingerprint density at radius 3 is 2.05 bits per heavy atom. The van der Waals surface area contributed by atoms with Gasteiger partial charge >= 0.3 is 0 Å². The van der Waals surface area contributed by atoms with E-state index in [1.165, 1.54) is 67.1 Å². The van der Waals surface area contributed by atoms with Crippen molar-refractivity contribution in [1.82, 2.24) is 4.57 Å². The number of hydrogen-bond acceptors (Lipinski definition) is 0. The molecule has 0 saturated carbocycles. The molecule has 0 amide bonds. The van der Waals surface area contributed by atoms with Crippen LogP contribution in [-0.4, -0.2) is 4.57 Å². The monoisotopic (exact) mass is 389 g/mol. The predicted molar refractivity (Wildman–Crippen MR) is 98.4 cm³/mol. The Morgan fingerprint density at radius 2 is 1.55 bits per heavy atom. The Labute approximate surface area is 139 Å². The molecule has 0 aromatic carbocycles. The largest absolute Gasteiger partial charge is 0.353 e. The highest BCUT2D eigenvalue weighted by molar-refractivity contribution is 14.1. The highest BCUT2D eigenvalue weighted by Crippen LogP contribution is 2.36. The molecule has 0 fully saturated rings. The van der Waals surface area contributed by atoms with Crippen LogP contribution >= 0.6 is 22.6 Å². The lowest BCUT2D eigenvalue weighted by atomic mass is 9.77. The van der Waals surface area contributed by atoms with Gasteiger partial charge in [-0.15, -0.1) is 0 Å². The van der Waals surface area contributed by atoms with Gasteiger partial charge in [0.15, 0.2) is 0 Å². The molecule has 0 radical (unpaired) electrons. The zero-order valence-electron chi connectivity index (χ0n) is 13.8. The van der Waals surface area contributed by atoms with E-state index in [1.807, 2.05) is 0 Å². The van der Waals surface area contributed by atoms with Crippen molar-refractivity contribution in [2.45, 2.75) is 84.0 Å². The number of hydrogen-bond donors (Lipinski definition) is 0. The van der Waals surface area contributed by atoms with Crippen LogP contribution in [0, 0.1) is 3.57 Å². The highest BCUT2D eigenvalue weighted by Gasteiger charge is 2.28. The fourth-order valence-electron chi connectivity index (χ4n) is 3.21. The van der Waals surface area contributed by atoms with E-state index < -0.39 is 0 Å². The topological polar surface area (TPSA) is 4.93 Å². The number of nitrogens with zero attached hydrogens (tertiary/aromatic N) is 1. The smallest absolute Gasteiger partial charge is 0.0310 e. The SMILES string of the molecule is CCCCCCC(C)(CCCCC)c1cc(I)cn1C. The molecular weight excluding hydrogens is 357 g/mol. The van der Waals surface area contributed by atoms with Crippen LogP contribution in [0.5, 0.6) is 0 Å². The lowest BCUT2D eigenvalue weighted by Gasteiger charge is -2.31. The molecule has 1 heterocycles. The van der Waals surface area contributed by atoms with Gasteiger partial charge in [0.1, 0.15) is 0 Å². The van der Waals surface area contributed by atoms with E-state index in [2.05, 4.69) is 67.2 Å². The van der Waals surface area contributed by atoms with Crippen LogP contribution in [0.25, 0.3) is 0 Å². The Hall–Kier alpha value is 0.01000. The molecule has 0 saturated heterocycles. The van der Waals surface area contributed by atoms with Crippen LogP contribution in [0.4, 0.5) is 0 Å². The van der Waals surface area contributed by atoms with Crippen molar-refractivity contribution in [3.05, 3.63) is 21.5 Å². The molecule has 20 heavy (non-hydrogen) atoms. The fraction of sp³-hybridized carbons (Fsp3) is 0.778. The maximum absolute atomic E-state index is 2.49. The lowest BCUT2D eigenvalue weighted by molar-refractivity contribution is 0.349. The van der Waals surface area contributed by atoms with Crippen molar-refractivity contribution < 1.29 is 0 Å². The second-order valence-electron chi connectivity index (χ2n) is 6.48. The molecule has 1 unspecified atom stereocenters. The fourth-order valence-corrected chi connectivity index (χ4v) is 3.93. The number of unbranched alkanes of at least 4 members (excludes halogenated alkanes) is 5. The van der Waals surface area contributed by atoms with Gasteiger partial charge < -0.3 is 4.57 Å². The molecule has 2 heteroatoms. The summed E-state index contributed by atoms with van der Waals surface area (Å²) in [6, 6.07) is 2.40. The van der Waals surface area contributed by atoms with Gasteiger partial charge in [-0.1, -0.05) is 65.7 Å². The Bertz CT molecular complexity index is 383. The molecule has 0 spiro atoms. The van der Waals surface area contributed by atoms with Crippen LogP contribution < -0.4 is 0 Å². The first kappa shape index (κ1) is 18.1. The average Bonchev–Trinajstić information content (AvgIpc) is 2.75. The van der Waals surface area contributed by atoms with E-state index in [0.717, 1.165) is 0 Å². The van der Waals surface area contributed by atoms with Gasteiger partial charge in [-0.05, 0) is 41.5 Å². The standard InChI is InChI=1S/C18H32IN/c1-5-7-9-11-13-18(3,12-10-8-6-2)17-14-16(19)15-20(17)4/h14-15H,5-13H2,1-4H3. The molecule has 1 aromatic rings. The number of aryl methyl sites for hydroxylation is 1. The third-order valence-corrected chi connectivity index (χ3v) is 5.09. The second-order valence-corrected chi connectivity index (χ2v) is 7.73. The van der Waals surface area contributed by atoms with Crippen molar-refractivity contribution in [3.63, 3.8) is 0 Å². The Kier molecular flexibility index (Phi) is 8.23. The third kappa shape index (κ3) is 5.42. The molecule has 116 valence electrons. The van der Waals surface area contributed by atoms with Gasteiger partial charge in [-0.25, -0.2) is 0 Å². The van der Waals surface area contributed by atoms with E-state index in [-0.39, 0.29) is 0 Å². The molecular formula is C18H32IN. The molecule has 0 bridgehead atoms. The minimum Gasteiger partial charge on any atom is -0.353 e. The van der Waals surface area contributed by atoms with Gasteiger partial charge in [0.2, 0.25) is 0 Å². The molecule has 0 aliphatic carbocycles. The van der Waals surface area contributed by atoms with Crippen LogP contribution in [0.3, 0.4) is 0 Å². The summed E-state index contributed by atoms with van der Waals surface area (Å²) in [5.41, 5.74) is 1.90. The van der Waals surface area contributed by atoms with Gasteiger partial charge in [-0.3, -0.25) is 0 Å². The van der Waals surface area contributed by atoms with Crippen molar-refractivity contribution in [2.24, 2.45) is 7.05 Å². The lowest BCUT2D eigenvalue weighted by Crippen LogP contribution is -2.25. The summed E-state index contributed by atoms with van der Waals surface area (Å²) < 4.78 is 3.73. The first-order valence-electron chi connectivity index (χ1n) is 8.36. The highest BCUT2D eigenvalue weighted by atomic mass is 127. The minimum atomic E-state index is 0.362. The summed E-state index contributed by atoms with van der Waals surface area (Å²) in [7, 11) is 2.21. The number of rotatable bonds is 10. The van der Waals surface area contributed by atoms with E-state index in [1.54, 1.807) is 0 Å². The van der Waals surface area contributed by atoms with Gasteiger partial charge in [0, 0.05) is 27.9 Å². The molecule has 0 N–H and O–H groups in total. The maximum Gasteiger partial charge on any atom is 0.0310 e. The quantitative estimate of drug-likeness (QED) is 0.321. The molecule has 0 aliphatic heterocycles.